The zero-order chi connectivity index (χ0) is 23.0. The third-order valence-corrected chi connectivity index (χ3v) is 6.26. The quantitative estimate of drug-likeness (QED) is 0.501. The Hall–Kier alpha value is -3.64. The maximum atomic E-state index is 14.1. The molecule has 2 amide bonds. The average Bonchev–Trinajstić information content (AvgIpc) is 2.99. The Bertz CT molecular complexity index is 1240. The summed E-state index contributed by atoms with van der Waals surface area (Å²) in [5.41, 5.74) is 0.950. The van der Waals surface area contributed by atoms with Crippen LogP contribution >= 0.6 is 23.2 Å². The zero-order valence-electron chi connectivity index (χ0n) is 16.8. The van der Waals surface area contributed by atoms with Crippen molar-refractivity contribution in [3.63, 3.8) is 0 Å². The Balaban J connectivity index is 1.98. The first-order chi connectivity index (χ1) is 15.3. The standard InChI is InChI=1S/C25H15Cl2N3O2/c1-15-23(31)30(22-11-20(26)10-21(27)12-22)24(32)25(15,18-6-2-16(13-28)3-7-18)19-8-4-17(14-29)5-9-19/h2-12,15H,1H3. The van der Waals surface area contributed by atoms with E-state index in [0.717, 1.165) is 4.90 Å². The number of hydrogen-bond acceptors (Lipinski definition) is 4. The molecule has 156 valence electrons. The summed E-state index contributed by atoms with van der Waals surface area (Å²) in [6.07, 6.45) is 0. The maximum absolute atomic E-state index is 14.1. The number of nitrogens with zero attached hydrogens (tertiary/aromatic N) is 3. The molecule has 0 aromatic heterocycles. The summed E-state index contributed by atoms with van der Waals surface area (Å²) in [5, 5.41) is 19.0. The van der Waals surface area contributed by atoms with Gasteiger partial charge in [-0.1, -0.05) is 54.4 Å². The molecule has 0 bridgehead atoms. The summed E-state index contributed by atoms with van der Waals surface area (Å²) in [5.74, 6) is -1.63. The van der Waals surface area contributed by atoms with E-state index in [0.29, 0.717) is 32.3 Å². The van der Waals surface area contributed by atoms with Crippen molar-refractivity contribution < 1.29 is 9.59 Å². The number of benzene rings is 3. The first-order valence-electron chi connectivity index (χ1n) is 9.68. The minimum absolute atomic E-state index is 0.286. The second-order valence-electron chi connectivity index (χ2n) is 7.51. The van der Waals surface area contributed by atoms with Gasteiger partial charge in [-0.2, -0.15) is 10.5 Å². The van der Waals surface area contributed by atoms with Crippen LogP contribution in [-0.4, -0.2) is 11.8 Å². The number of halogens is 2. The molecule has 4 rings (SSSR count). The maximum Gasteiger partial charge on any atom is 0.249 e. The molecule has 0 N–H and O–H groups in total. The molecule has 5 nitrogen and oxygen atoms in total. The number of rotatable bonds is 3. The van der Waals surface area contributed by atoms with Crippen LogP contribution < -0.4 is 4.90 Å². The van der Waals surface area contributed by atoms with Crippen molar-refractivity contribution in [1.29, 1.82) is 10.5 Å². The highest BCUT2D eigenvalue weighted by Gasteiger charge is 2.59. The minimum atomic E-state index is -1.35. The van der Waals surface area contributed by atoms with Crippen molar-refractivity contribution in [3.05, 3.63) is 99.0 Å². The summed E-state index contributed by atoms with van der Waals surface area (Å²) >= 11 is 12.3. The van der Waals surface area contributed by atoms with E-state index < -0.39 is 23.1 Å². The number of carbonyl (C=O) groups is 2. The molecule has 1 atom stereocenters. The van der Waals surface area contributed by atoms with Gasteiger partial charge in [0.1, 0.15) is 5.41 Å². The fourth-order valence-electron chi connectivity index (χ4n) is 4.28. The topological polar surface area (TPSA) is 85.0 Å². The van der Waals surface area contributed by atoms with E-state index in [-0.39, 0.29) is 5.69 Å². The van der Waals surface area contributed by atoms with Gasteiger partial charge < -0.3 is 0 Å². The third-order valence-electron chi connectivity index (χ3n) is 5.82. The van der Waals surface area contributed by atoms with Crippen molar-refractivity contribution in [2.45, 2.75) is 12.3 Å². The summed E-state index contributed by atoms with van der Waals surface area (Å²) in [6, 6.07) is 21.9. The second kappa shape index (κ2) is 8.13. The Morgan fingerprint density at radius 1 is 0.812 bits per heavy atom. The zero-order valence-corrected chi connectivity index (χ0v) is 18.4. The predicted molar refractivity (Wildman–Crippen MR) is 121 cm³/mol. The van der Waals surface area contributed by atoms with Crippen molar-refractivity contribution >= 4 is 40.7 Å². The van der Waals surface area contributed by atoms with Crippen LogP contribution in [0, 0.1) is 28.6 Å². The molecule has 0 spiro atoms. The van der Waals surface area contributed by atoms with Gasteiger partial charge in [-0.25, -0.2) is 4.90 Å². The molecule has 32 heavy (non-hydrogen) atoms. The Kier molecular flexibility index (Phi) is 5.48. The van der Waals surface area contributed by atoms with E-state index in [1.807, 2.05) is 0 Å². The Morgan fingerprint density at radius 3 is 1.66 bits per heavy atom. The van der Waals surface area contributed by atoms with Crippen LogP contribution in [0.4, 0.5) is 5.69 Å². The summed E-state index contributed by atoms with van der Waals surface area (Å²) in [7, 11) is 0. The van der Waals surface area contributed by atoms with E-state index in [2.05, 4.69) is 12.1 Å². The first kappa shape index (κ1) is 21.6. The van der Waals surface area contributed by atoms with E-state index >= 15 is 0 Å². The highest BCUT2D eigenvalue weighted by atomic mass is 35.5. The van der Waals surface area contributed by atoms with Gasteiger partial charge in [-0.05, 0) is 53.6 Å². The molecule has 0 radical (unpaired) electrons. The van der Waals surface area contributed by atoms with Gasteiger partial charge in [0.2, 0.25) is 11.8 Å². The number of imide groups is 1. The fourth-order valence-corrected chi connectivity index (χ4v) is 4.80. The number of nitriles is 2. The van der Waals surface area contributed by atoms with E-state index in [9.17, 15) is 20.1 Å². The van der Waals surface area contributed by atoms with Crippen LogP contribution in [-0.2, 0) is 15.0 Å². The van der Waals surface area contributed by atoms with Gasteiger partial charge in [-0.3, -0.25) is 9.59 Å². The van der Waals surface area contributed by atoms with Crippen LogP contribution in [0.5, 0.6) is 0 Å². The molecule has 3 aromatic carbocycles. The Labute approximate surface area is 195 Å². The predicted octanol–water partition coefficient (Wildman–Crippen LogP) is 5.23. The molecular formula is C25H15Cl2N3O2. The molecular weight excluding hydrogens is 445 g/mol. The molecule has 7 heteroatoms. The van der Waals surface area contributed by atoms with Crippen molar-refractivity contribution in [1.82, 2.24) is 0 Å². The average molecular weight is 460 g/mol. The smallest absolute Gasteiger partial charge is 0.249 e. The van der Waals surface area contributed by atoms with E-state index in [1.54, 1.807) is 55.5 Å². The molecule has 0 saturated carbocycles. The van der Waals surface area contributed by atoms with Crippen molar-refractivity contribution in [2.24, 2.45) is 5.92 Å². The van der Waals surface area contributed by atoms with Gasteiger partial charge in [-0.15, -0.1) is 0 Å². The molecule has 3 aromatic rings. The lowest BCUT2D eigenvalue weighted by Crippen LogP contribution is -2.41. The minimum Gasteiger partial charge on any atom is -0.274 e. The molecule has 1 heterocycles. The van der Waals surface area contributed by atoms with E-state index in [1.165, 1.54) is 18.2 Å². The highest BCUT2D eigenvalue weighted by Crippen LogP contribution is 2.48. The molecule has 1 aliphatic rings. The lowest BCUT2D eigenvalue weighted by Gasteiger charge is -2.31. The van der Waals surface area contributed by atoms with Crippen molar-refractivity contribution in [2.75, 3.05) is 4.90 Å². The number of hydrogen-bond donors (Lipinski definition) is 0. The SMILES string of the molecule is CC1C(=O)N(c2cc(Cl)cc(Cl)c2)C(=O)C1(c1ccc(C#N)cc1)c1ccc(C#N)cc1. The Morgan fingerprint density at radius 2 is 1.25 bits per heavy atom. The van der Waals surface area contributed by atoms with Crippen molar-refractivity contribution in [3.8, 4) is 12.1 Å². The number of anilines is 1. The van der Waals surface area contributed by atoms with Crippen LogP contribution in [0.3, 0.4) is 0 Å². The molecule has 0 aliphatic carbocycles. The number of amides is 2. The highest BCUT2D eigenvalue weighted by molar-refractivity contribution is 6.36. The monoisotopic (exact) mass is 459 g/mol. The van der Waals surface area contributed by atoms with Crippen LogP contribution in [0.1, 0.15) is 29.2 Å². The normalized spacial score (nSPS) is 17.2. The van der Waals surface area contributed by atoms with Crippen LogP contribution in [0.2, 0.25) is 10.0 Å². The summed E-state index contributed by atoms with van der Waals surface area (Å²) < 4.78 is 0. The third kappa shape index (κ3) is 3.24. The summed E-state index contributed by atoms with van der Waals surface area (Å²) in [4.78, 5) is 28.6. The van der Waals surface area contributed by atoms with Gasteiger partial charge in [0.15, 0.2) is 0 Å². The molecule has 1 fully saturated rings. The van der Waals surface area contributed by atoms with Gasteiger partial charge in [0, 0.05) is 10.0 Å². The lowest BCUT2D eigenvalue weighted by molar-refractivity contribution is -0.122. The first-order valence-corrected chi connectivity index (χ1v) is 10.4. The van der Waals surface area contributed by atoms with Gasteiger partial charge in [0.25, 0.3) is 0 Å². The fraction of sp³-hybridized carbons (Fsp3) is 0.120. The van der Waals surface area contributed by atoms with Crippen LogP contribution in [0.15, 0.2) is 66.7 Å². The lowest BCUT2D eigenvalue weighted by atomic mass is 9.67. The largest absolute Gasteiger partial charge is 0.274 e. The second-order valence-corrected chi connectivity index (χ2v) is 8.39. The number of carbonyl (C=O) groups excluding carboxylic acids is 2. The summed E-state index contributed by atoms with van der Waals surface area (Å²) in [6.45, 7) is 1.70. The van der Waals surface area contributed by atoms with E-state index in [4.69, 9.17) is 23.2 Å². The molecule has 1 aliphatic heterocycles. The van der Waals surface area contributed by atoms with Gasteiger partial charge in [0.05, 0.1) is 34.9 Å². The van der Waals surface area contributed by atoms with Crippen LogP contribution in [0.25, 0.3) is 0 Å². The molecule has 1 saturated heterocycles. The molecule has 1 unspecified atom stereocenters. The van der Waals surface area contributed by atoms with Gasteiger partial charge >= 0.3 is 0 Å².